The van der Waals surface area contributed by atoms with Crippen LogP contribution in [0, 0.1) is 12.3 Å². The molecule has 1 fully saturated rings. The molecule has 1 unspecified atom stereocenters. The molecule has 2 heterocycles. The van der Waals surface area contributed by atoms with Gasteiger partial charge in [-0.2, -0.15) is 0 Å². The van der Waals surface area contributed by atoms with E-state index in [9.17, 15) is 4.79 Å². The van der Waals surface area contributed by atoms with Gasteiger partial charge >= 0.3 is 0 Å². The van der Waals surface area contributed by atoms with Crippen LogP contribution in [-0.4, -0.2) is 35.9 Å². The first kappa shape index (κ1) is 12.5. The van der Waals surface area contributed by atoms with Crippen LogP contribution >= 0.6 is 11.3 Å². The third kappa shape index (κ3) is 2.84. The van der Waals surface area contributed by atoms with Gasteiger partial charge < -0.3 is 10.2 Å². The van der Waals surface area contributed by atoms with E-state index in [1.807, 2.05) is 13.8 Å². The molecule has 4 nitrogen and oxygen atoms in total. The lowest BCUT2D eigenvalue weighted by atomic mass is 9.81. The highest BCUT2D eigenvalue weighted by atomic mass is 32.1. The first-order valence-corrected chi connectivity index (χ1v) is 6.74. The van der Waals surface area contributed by atoms with Gasteiger partial charge in [0.25, 0.3) is 0 Å². The van der Waals surface area contributed by atoms with Gasteiger partial charge in [-0.25, -0.2) is 4.98 Å². The SMILES string of the molecule is Cc1cnc(NC(=O)C2(C)CCCN(C)C2)s1. The molecule has 0 radical (unpaired) electrons. The third-order valence-electron chi connectivity index (χ3n) is 3.28. The monoisotopic (exact) mass is 253 g/mol. The Morgan fingerprint density at radius 2 is 2.41 bits per heavy atom. The fourth-order valence-corrected chi connectivity index (χ4v) is 3.00. The number of carbonyl (C=O) groups excluding carboxylic acids is 1. The van der Waals surface area contributed by atoms with Crippen LogP contribution in [0.4, 0.5) is 5.13 Å². The largest absolute Gasteiger partial charge is 0.305 e. The first-order valence-electron chi connectivity index (χ1n) is 5.92. The maximum Gasteiger partial charge on any atom is 0.233 e. The molecule has 1 atom stereocenters. The Bertz CT molecular complexity index is 418. The van der Waals surface area contributed by atoms with Crippen LogP contribution in [0.15, 0.2) is 6.20 Å². The highest BCUT2D eigenvalue weighted by molar-refractivity contribution is 7.15. The van der Waals surface area contributed by atoms with Crippen LogP contribution in [0.2, 0.25) is 0 Å². The van der Waals surface area contributed by atoms with Crippen molar-refractivity contribution in [3.05, 3.63) is 11.1 Å². The van der Waals surface area contributed by atoms with Crippen LogP contribution < -0.4 is 5.32 Å². The van der Waals surface area contributed by atoms with E-state index < -0.39 is 0 Å². The Hall–Kier alpha value is -0.940. The van der Waals surface area contributed by atoms with Gasteiger partial charge in [-0.15, -0.1) is 11.3 Å². The average molecular weight is 253 g/mol. The first-order chi connectivity index (χ1) is 7.99. The predicted octanol–water partition coefficient (Wildman–Crippen LogP) is 2.12. The molecule has 0 bridgehead atoms. The van der Waals surface area contributed by atoms with Crippen molar-refractivity contribution < 1.29 is 4.79 Å². The smallest absolute Gasteiger partial charge is 0.233 e. The molecule has 94 valence electrons. The number of likely N-dealkylation sites (tertiary alicyclic amines) is 1. The summed E-state index contributed by atoms with van der Waals surface area (Å²) in [6.07, 6.45) is 3.82. The molecule has 0 saturated carbocycles. The Labute approximate surface area is 106 Å². The maximum absolute atomic E-state index is 12.3. The second-order valence-corrected chi connectivity index (χ2v) is 6.37. The van der Waals surface area contributed by atoms with Gasteiger partial charge in [0.1, 0.15) is 0 Å². The molecular formula is C12H19N3OS. The number of hydrogen-bond acceptors (Lipinski definition) is 4. The molecule has 1 aliphatic heterocycles. The number of nitrogens with zero attached hydrogens (tertiary/aromatic N) is 2. The molecule has 5 heteroatoms. The van der Waals surface area contributed by atoms with Crippen molar-refractivity contribution in [2.75, 3.05) is 25.5 Å². The van der Waals surface area contributed by atoms with Crippen molar-refractivity contribution in [1.82, 2.24) is 9.88 Å². The zero-order valence-electron chi connectivity index (χ0n) is 10.6. The summed E-state index contributed by atoms with van der Waals surface area (Å²) >= 11 is 1.52. The fourth-order valence-electron chi connectivity index (χ4n) is 2.34. The highest BCUT2D eigenvalue weighted by Gasteiger charge is 2.37. The predicted molar refractivity (Wildman–Crippen MR) is 70.3 cm³/mol. The fraction of sp³-hybridized carbons (Fsp3) is 0.667. The van der Waals surface area contributed by atoms with Crippen LogP contribution in [0.5, 0.6) is 0 Å². The van der Waals surface area contributed by atoms with Gasteiger partial charge in [0.2, 0.25) is 5.91 Å². The van der Waals surface area contributed by atoms with Crippen molar-refractivity contribution in [3.63, 3.8) is 0 Å². The Balaban J connectivity index is 2.03. The number of hydrogen-bond donors (Lipinski definition) is 1. The van der Waals surface area contributed by atoms with Crippen molar-refractivity contribution in [1.29, 1.82) is 0 Å². The standard InChI is InChI=1S/C12H19N3OS/c1-9-7-13-11(17-9)14-10(16)12(2)5-4-6-15(3)8-12/h7H,4-6,8H2,1-3H3,(H,13,14,16). The summed E-state index contributed by atoms with van der Waals surface area (Å²) in [4.78, 5) is 19.8. The number of thiazole rings is 1. The number of rotatable bonds is 2. The second-order valence-electron chi connectivity index (χ2n) is 5.13. The summed E-state index contributed by atoms with van der Waals surface area (Å²) in [5.41, 5.74) is -0.285. The van der Waals surface area contributed by atoms with Gasteiger partial charge in [0, 0.05) is 17.6 Å². The summed E-state index contributed by atoms with van der Waals surface area (Å²) in [5.74, 6) is 0.0957. The molecular weight excluding hydrogens is 234 g/mol. The molecule has 2 rings (SSSR count). The van der Waals surface area contributed by atoms with Crippen LogP contribution in [0.1, 0.15) is 24.6 Å². The topological polar surface area (TPSA) is 45.2 Å². The Kier molecular flexibility index (Phi) is 3.49. The lowest BCUT2D eigenvalue weighted by molar-refractivity contribution is -0.127. The lowest BCUT2D eigenvalue weighted by Gasteiger charge is -2.37. The maximum atomic E-state index is 12.3. The number of amides is 1. The molecule has 0 spiro atoms. The molecule has 1 aromatic heterocycles. The van der Waals surface area contributed by atoms with Crippen molar-refractivity contribution in [2.24, 2.45) is 5.41 Å². The Morgan fingerprint density at radius 3 is 3.00 bits per heavy atom. The van der Waals surface area contributed by atoms with E-state index in [1.54, 1.807) is 6.20 Å². The second kappa shape index (κ2) is 4.74. The Morgan fingerprint density at radius 1 is 1.65 bits per heavy atom. The van der Waals surface area contributed by atoms with Crippen molar-refractivity contribution in [2.45, 2.75) is 26.7 Å². The van der Waals surface area contributed by atoms with Gasteiger partial charge in [-0.3, -0.25) is 4.79 Å². The normalized spacial score (nSPS) is 25.8. The highest BCUT2D eigenvalue weighted by Crippen LogP contribution is 2.30. The van der Waals surface area contributed by atoms with Gasteiger partial charge in [0.15, 0.2) is 5.13 Å². The van der Waals surface area contributed by atoms with Gasteiger partial charge in [-0.05, 0) is 40.3 Å². The molecule has 17 heavy (non-hydrogen) atoms. The quantitative estimate of drug-likeness (QED) is 0.878. The van der Waals surface area contributed by atoms with Crippen LogP contribution in [-0.2, 0) is 4.79 Å². The van der Waals surface area contributed by atoms with E-state index in [4.69, 9.17) is 0 Å². The van der Waals surface area contributed by atoms with E-state index in [1.165, 1.54) is 11.3 Å². The zero-order chi connectivity index (χ0) is 12.5. The van der Waals surface area contributed by atoms with E-state index >= 15 is 0 Å². The minimum Gasteiger partial charge on any atom is -0.305 e. The van der Waals surface area contributed by atoms with Crippen LogP contribution in [0.25, 0.3) is 0 Å². The molecule has 0 aromatic carbocycles. The molecule has 1 N–H and O–H groups in total. The van der Waals surface area contributed by atoms with E-state index in [2.05, 4.69) is 22.2 Å². The summed E-state index contributed by atoms with van der Waals surface area (Å²) in [6.45, 7) is 5.93. The summed E-state index contributed by atoms with van der Waals surface area (Å²) in [6, 6.07) is 0. The number of aryl methyl sites for hydroxylation is 1. The third-order valence-corrected chi connectivity index (χ3v) is 4.11. The molecule has 0 aliphatic carbocycles. The average Bonchev–Trinajstić information content (AvgIpc) is 2.63. The van der Waals surface area contributed by atoms with Gasteiger partial charge in [-0.1, -0.05) is 0 Å². The lowest BCUT2D eigenvalue weighted by Crippen LogP contribution is -2.46. The van der Waals surface area contributed by atoms with E-state index in [0.717, 1.165) is 30.8 Å². The number of piperidine rings is 1. The zero-order valence-corrected chi connectivity index (χ0v) is 11.4. The van der Waals surface area contributed by atoms with Crippen LogP contribution in [0.3, 0.4) is 0 Å². The molecule has 1 aromatic rings. The number of carbonyl (C=O) groups is 1. The number of anilines is 1. The molecule has 1 amide bonds. The number of nitrogens with one attached hydrogen (secondary N) is 1. The summed E-state index contributed by atoms with van der Waals surface area (Å²) in [5, 5.41) is 3.65. The van der Waals surface area contributed by atoms with Gasteiger partial charge in [0.05, 0.1) is 5.41 Å². The van der Waals surface area contributed by atoms with E-state index in [0.29, 0.717) is 5.13 Å². The minimum atomic E-state index is -0.285. The minimum absolute atomic E-state index is 0.0957. The summed E-state index contributed by atoms with van der Waals surface area (Å²) < 4.78 is 0. The van der Waals surface area contributed by atoms with Crippen molar-refractivity contribution in [3.8, 4) is 0 Å². The summed E-state index contributed by atoms with van der Waals surface area (Å²) in [7, 11) is 2.07. The van der Waals surface area contributed by atoms with E-state index in [-0.39, 0.29) is 11.3 Å². The number of aromatic nitrogens is 1. The molecule has 1 aliphatic rings. The molecule has 1 saturated heterocycles. The van der Waals surface area contributed by atoms with Crippen molar-refractivity contribution >= 4 is 22.4 Å².